The monoisotopic (exact) mass is 372 g/mol. The first-order valence-electron chi connectivity index (χ1n) is 8.15. The van der Waals surface area contributed by atoms with Crippen LogP contribution < -0.4 is 5.32 Å². The molecule has 0 unspecified atom stereocenters. The van der Waals surface area contributed by atoms with E-state index in [9.17, 15) is 4.79 Å². The van der Waals surface area contributed by atoms with E-state index in [0.29, 0.717) is 24.3 Å². The molecule has 1 amide bonds. The van der Waals surface area contributed by atoms with Gasteiger partial charge in [-0.1, -0.05) is 29.8 Å². The minimum atomic E-state index is 0.0230. The Morgan fingerprint density at radius 2 is 2.24 bits per heavy atom. The van der Waals surface area contributed by atoms with Crippen molar-refractivity contribution in [1.82, 2.24) is 20.1 Å². The molecule has 2 heterocycles. The van der Waals surface area contributed by atoms with Gasteiger partial charge in [0.05, 0.1) is 0 Å². The molecule has 0 fully saturated rings. The Morgan fingerprint density at radius 1 is 1.36 bits per heavy atom. The van der Waals surface area contributed by atoms with E-state index < -0.39 is 0 Å². The molecule has 0 aliphatic carbocycles. The molecule has 3 rings (SSSR count). The number of H-pyrrole nitrogens is 1. The first kappa shape index (κ1) is 17.6. The highest BCUT2D eigenvalue weighted by atomic mass is 32.1. The summed E-state index contributed by atoms with van der Waals surface area (Å²) in [5.74, 6) is 0.787. The van der Waals surface area contributed by atoms with Crippen LogP contribution in [0.4, 0.5) is 0 Å². The number of hydrogen-bond acceptors (Lipinski definition) is 4. The summed E-state index contributed by atoms with van der Waals surface area (Å²) in [6.45, 7) is 3.19. The Labute approximate surface area is 155 Å². The highest BCUT2D eigenvalue weighted by molar-refractivity contribution is 7.71. The van der Waals surface area contributed by atoms with Crippen molar-refractivity contribution >= 4 is 29.5 Å². The number of aromatic amines is 1. The third-order valence-electron chi connectivity index (χ3n) is 3.87. The Kier molecular flexibility index (Phi) is 5.78. The maximum atomic E-state index is 12.1. The topological polar surface area (TPSA) is 62.7 Å². The molecule has 130 valence electrons. The van der Waals surface area contributed by atoms with Crippen molar-refractivity contribution in [3.8, 4) is 11.4 Å². The Morgan fingerprint density at radius 3 is 3.00 bits per heavy atom. The summed E-state index contributed by atoms with van der Waals surface area (Å²) < 4.78 is 2.41. The molecule has 0 bridgehead atoms. The molecular formula is C18H20N4OS2. The average molecular weight is 373 g/mol. The van der Waals surface area contributed by atoms with E-state index in [-0.39, 0.29) is 5.91 Å². The van der Waals surface area contributed by atoms with Gasteiger partial charge in [-0.3, -0.25) is 14.5 Å². The minimum absolute atomic E-state index is 0.0230. The molecule has 7 heteroatoms. The highest BCUT2D eigenvalue weighted by Crippen LogP contribution is 2.18. The number of aryl methyl sites for hydroxylation is 1. The van der Waals surface area contributed by atoms with Gasteiger partial charge in [-0.2, -0.15) is 5.10 Å². The maximum Gasteiger partial charge on any atom is 0.221 e. The van der Waals surface area contributed by atoms with Crippen LogP contribution in [0, 0.1) is 11.7 Å². The lowest BCUT2D eigenvalue weighted by atomic mass is 10.1. The van der Waals surface area contributed by atoms with Crippen molar-refractivity contribution in [1.29, 1.82) is 0 Å². The first-order valence-corrected chi connectivity index (χ1v) is 9.43. The summed E-state index contributed by atoms with van der Waals surface area (Å²) in [4.78, 5) is 13.4. The summed E-state index contributed by atoms with van der Waals surface area (Å²) in [6.07, 6.45) is 1.24. The van der Waals surface area contributed by atoms with Crippen molar-refractivity contribution in [2.75, 3.05) is 6.54 Å². The number of rotatable bonds is 7. The lowest BCUT2D eigenvalue weighted by Crippen LogP contribution is -2.26. The van der Waals surface area contributed by atoms with Gasteiger partial charge in [-0.15, -0.1) is 11.3 Å². The van der Waals surface area contributed by atoms with Crippen molar-refractivity contribution in [2.45, 2.75) is 26.3 Å². The zero-order valence-corrected chi connectivity index (χ0v) is 15.6. The second kappa shape index (κ2) is 8.22. The van der Waals surface area contributed by atoms with Crippen molar-refractivity contribution in [3.63, 3.8) is 0 Å². The van der Waals surface area contributed by atoms with Gasteiger partial charge < -0.3 is 5.32 Å². The lowest BCUT2D eigenvalue weighted by molar-refractivity contribution is -0.121. The fourth-order valence-corrected chi connectivity index (χ4v) is 3.54. The van der Waals surface area contributed by atoms with Crippen LogP contribution in [-0.4, -0.2) is 27.2 Å². The number of nitrogens with zero attached hydrogens (tertiary/aromatic N) is 2. The maximum absolute atomic E-state index is 12.1. The largest absolute Gasteiger partial charge is 0.356 e. The number of hydrogen-bond donors (Lipinski definition) is 2. The Balaban J connectivity index is 1.58. The number of carbonyl (C=O) groups excluding carboxylic acids is 1. The second-order valence-corrected chi connectivity index (χ2v) is 7.22. The van der Waals surface area contributed by atoms with Crippen LogP contribution >= 0.6 is 23.6 Å². The molecule has 0 saturated heterocycles. The first-order chi connectivity index (χ1) is 12.1. The van der Waals surface area contributed by atoms with Crippen LogP contribution in [0.5, 0.6) is 0 Å². The van der Waals surface area contributed by atoms with Gasteiger partial charge in [0.15, 0.2) is 10.6 Å². The van der Waals surface area contributed by atoms with Crippen LogP contribution in [0.1, 0.15) is 16.9 Å². The van der Waals surface area contributed by atoms with Crippen LogP contribution in [0.25, 0.3) is 11.4 Å². The highest BCUT2D eigenvalue weighted by Gasteiger charge is 2.10. The number of amides is 1. The molecular weight excluding hydrogens is 352 g/mol. The van der Waals surface area contributed by atoms with E-state index in [1.807, 2.05) is 41.1 Å². The normalized spacial score (nSPS) is 10.8. The third kappa shape index (κ3) is 4.64. The standard InChI is InChI=1S/C18H20N4OS2/c1-13-4-2-5-14(12-13)17-20-21-18(24)22(17)10-8-16(23)19-9-7-15-6-3-11-25-15/h2-6,11-12H,7-10H2,1H3,(H,19,23)(H,21,24). The predicted molar refractivity (Wildman–Crippen MR) is 103 cm³/mol. The number of benzene rings is 1. The summed E-state index contributed by atoms with van der Waals surface area (Å²) in [5, 5.41) is 12.1. The fraction of sp³-hybridized carbons (Fsp3) is 0.278. The van der Waals surface area contributed by atoms with E-state index in [0.717, 1.165) is 23.4 Å². The van der Waals surface area contributed by atoms with Crippen LogP contribution in [0.15, 0.2) is 41.8 Å². The van der Waals surface area contributed by atoms with Gasteiger partial charge >= 0.3 is 0 Å². The molecule has 0 atom stereocenters. The van der Waals surface area contributed by atoms with Gasteiger partial charge in [-0.05, 0) is 43.1 Å². The zero-order valence-electron chi connectivity index (χ0n) is 14.0. The smallest absolute Gasteiger partial charge is 0.221 e. The van der Waals surface area contributed by atoms with Gasteiger partial charge in [0.25, 0.3) is 0 Å². The number of aromatic nitrogens is 3. The van der Waals surface area contributed by atoms with Gasteiger partial charge in [0.1, 0.15) is 0 Å². The molecule has 2 aromatic heterocycles. The summed E-state index contributed by atoms with van der Waals surface area (Å²) in [5.41, 5.74) is 2.15. The summed E-state index contributed by atoms with van der Waals surface area (Å²) in [7, 11) is 0. The fourth-order valence-electron chi connectivity index (χ4n) is 2.61. The number of thiophene rings is 1. The molecule has 0 saturated carbocycles. The summed E-state index contributed by atoms with van der Waals surface area (Å²) in [6, 6.07) is 12.2. The number of nitrogens with one attached hydrogen (secondary N) is 2. The van der Waals surface area contributed by atoms with Gasteiger partial charge in [0, 0.05) is 30.0 Å². The Hall–Kier alpha value is -2.25. The minimum Gasteiger partial charge on any atom is -0.356 e. The molecule has 0 aliphatic rings. The quantitative estimate of drug-likeness (QED) is 0.621. The molecule has 0 radical (unpaired) electrons. The SMILES string of the molecule is Cc1cccc(-c2n[nH]c(=S)n2CCC(=O)NCCc2cccs2)c1. The lowest BCUT2D eigenvalue weighted by Gasteiger charge is -2.08. The predicted octanol–water partition coefficient (Wildman–Crippen LogP) is 3.73. The van der Waals surface area contributed by atoms with E-state index in [1.165, 1.54) is 4.88 Å². The van der Waals surface area contributed by atoms with E-state index >= 15 is 0 Å². The van der Waals surface area contributed by atoms with Gasteiger partial charge in [0.2, 0.25) is 5.91 Å². The van der Waals surface area contributed by atoms with Crippen LogP contribution in [0.2, 0.25) is 0 Å². The molecule has 0 spiro atoms. The zero-order chi connectivity index (χ0) is 17.6. The molecule has 1 aromatic carbocycles. The van der Waals surface area contributed by atoms with Crippen molar-refractivity contribution < 1.29 is 4.79 Å². The van der Waals surface area contributed by atoms with Crippen molar-refractivity contribution in [3.05, 3.63) is 57.0 Å². The molecule has 5 nitrogen and oxygen atoms in total. The van der Waals surface area contributed by atoms with E-state index in [2.05, 4.69) is 27.6 Å². The second-order valence-electron chi connectivity index (χ2n) is 5.80. The number of carbonyl (C=O) groups is 1. The molecule has 3 aromatic rings. The third-order valence-corrected chi connectivity index (χ3v) is 5.12. The van der Waals surface area contributed by atoms with Gasteiger partial charge in [-0.25, -0.2) is 0 Å². The molecule has 25 heavy (non-hydrogen) atoms. The van der Waals surface area contributed by atoms with Crippen LogP contribution in [0.3, 0.4) is 0 Å². The molecule has 0 aliphatic heterocycles. The summed E-state index contributed by atoms with van der Waals surface area (Å²) >= 11 is 7.02. The van der Waals surface area contributed by atoms with Crippen LogP contribution in [-0.2, 0) is 17.8 Å². The Bertz CT molecular complexity index is 896. The van der Waals surface area contributed by atoms with E-state index in [1.54, 1.807) is 11.3 Å². The molecule has 2 N–H and O–H groups in total. The van der Waals surface area contributed by atoms with Crippen molar-refractivity contribution in [2.24, 2.45) is 0 Å². The average Bonchev–Trinajstić information content (AvgIpc) is 3.23. The van der Waals surface area contributed by atoms with E-state index in [4.69, 9.17) is 12.2 Å².